The van der Waals surface area contributed by atoms with Gasteiger partial charge in [0.25, 0.3) is 11.8 Å². The summed E-state index contributed by atoms with van der Waals surface area (Å²) in [7, 11) is 0. The van der Waals surface area contributed by atoms with E-state index in [9.17, 15) is 14.4 Å². The predicted molar refractivity (Wildman–Crippen MR) is 113 cm³/mol. The summed E-state index contributed by atoms with van der Waals surface area (Å²) in [6.07, 6.45) is 1.78. The third-order valence-electron chi connectivity index (χ3n) is 5.39. The highest BCUT2D eigenvalue weighted by Gasteiger charge is 2.41. The Morgan fingerprint density at radius 3 is 2.19 bits per heavy atom. The molecule has 3 aromatic rings. The number of carbonyl (C=O) groups is 3. The molecular weight excluding hydrogens is 394 g/mol. The lowest BCUT2D eigenvalue weighted by molar-refractivity contribution is -0.126. The number of benzene rings is 2. The molecule has 0 radical (unpaired) electrons. The number of hydrogen-bond donors (Lipinski definition) is 1. The molecule has 0 aliphatic carbocycles. The summed E-state index contributed by atoms with van der Waals surface area (Å²) in [5.74, 6) is -1.37. The van der Waals surface area contributed by atoms with Crippen LogP contribution >= 0.6 is 0 Å². The fraction of sp³-hybridized carbons (Fsp3) is 0.261. The number of rotatable bonds is 6. The molecule has 0 fully saturated rings. The van der Waals surface area contributed by atoms with Crippen LogP contribution in [0.15, 0.2) is 60.8 Å². The molecule has 4 rings (SSSR count). The summed E-state index contributed by atoms with van der Waals surface area (Å²) in [6, 6.07) is 15.5. The van der Waals surface area contributed by atoms with Gasteiger partial charge in [-0.1, -0.05) is 47.7 Å². The first-order valence-corrected chi connectivity index (χ1v) is 10.0. The zero-order chi connectivity index (χ0) is 22.2. The summed E-state index contributed by atoms with van der Waals surface area (Å²) in [5.41, 5.74) is 1.44. The second kappa shape index (κ2) is 7.79. The summed E-state index contributed by atoms with van der Waals surface area (Å²) in [4.78, 5) is 39.3. The standard InChI is InChI=1S/C23H23N5O3/c1-15(28-21(30)17-11-7-8-12-18(17)22(28)31)20(29)24-23(2,3)19-14-27(26-25-19)13-16-9-5-4-6-10-16/h4-12,14-15H,13H2,1-3H3,(H,24,29)/t15-/m0/s1. The zero-order valence-corrected chi connectivity index (χ0v) is 17.6. The van der Waals surface area contributed by atoms with Gasteiger partial charge >= 0.3 is 0 Å². The zero-order valence-electron chi connectivity index (χ0n) is 17.6. The molecule has 0 bridgehead atoms. The maximum Gasteiger partial charge on any atom is 0.262 e. The van der Waals surface area contributed by atoms with Crippen molar-refractivity contribution < 1.29 is 14.4 Å². The van der Waals surface area contributed by atoms with Crippen molar-refractivity contribution in [1.82, 2.24) is 25.2 Å². The number of imide groups is 1. The van der Waals surface area contributed by atoms with Crippen LogP contribution in [-0.2, 0) is 16.9 Å². The normalized spacial score (nSPS) is 14.5. The summed E-state index contributed by atoms with van der Waals surface area (Å²) < 4.78 is 1.70. The van der Waals surface area contributed by atoms with Crippen molar-refractivity contribution in [3.8, 4) is 0 Å². The molecule has 8 nitrogen and oxygen atoms in total. The van der Waals surface area contributed by atoms with Crippen LogP contribution in [0.4, 0.5) is 0 Å². The summed E-state index contributed by atoms with van der Waals surface area (Å²) in [6.45, 7) is 5.70. The molecule has 1 atom stereocenters. The van der Waals surface area contributed by atoms with Crippen LogP contribution in [0.5, 0.6) is 0 Å². The number of nitrogens with one attached hydrogen (secondary N) is 1. The van der Waals surface area contributed by atoms with E-state index in [1.165, 1.54) is 0 Å². The maximum absolute atomic E-state index is 12.9. The molecular formula is C23H23N5O3. The SMILES string of the molecule is C[C@@H](C(=O)NC(C)(C)c1cn(Cc2ccccc2)nn1)N1C(=O)c2ccccc2C1=O. The van der Waals surface area contributed by atoms with Crippen LogP contribution in [0.25, 0.3) is 0 Å². The van der Waals surface area contributed by atoms with Gasteiger partial charge in [-0.25, -0.2) is 4.68 Å². The van der Waals surface area contributed by atoms with Crippen molar-refractivity contribution in [1.29, 1.82) is 0 Å². The highest BCUT2D eigenvalue weighted by atomic mass is 16.2. The van der Waals surface area contributed by atoms with E-state index in [1.54, 1.807) is 55.9 Å². The molecule has 2 heterocycles. The largest absolute Gasteiger partial charge is 0.344 e. The van der Waals surface area contributed by atoms with Crippen molar-refractivity contribution >= 4 is 17.7 Å². The molecule has 1 N–H and O–H groups in total. The summed E-state index contributed by atoms with van der Waals surface area (Å²) in [5, 5.41) is 11.3. The number of fused-ring (bicyclic) bond motifs is 1. The van der Waals surface area contributed by atoms with Crippen LogP contribution < -0.4 is 5.32 Å². The van der Waals surface area contributed by atoms with Gasteiger partial charge in [0.15, 0.2) is 0 Å². The van der Waals surface area contributed by atoms with Gasteiger partial charge in [-0.2, -0.15) is 0 Å². The molecule has 0 unspecified atom stereocenters. The smallest absolute Gasteiger partial charge is 0.262 e. The van der Waals surface area contributed by atoms with Gasteiger partial charge in [-0.3, -0.25) is 19.3 Å². The lowest BCUT2D eigenvalue weighted by Gasteiger charge is -2.28. The average molecular weight is 417 g/mol. The van der Waals surface area contributed by atoms with Gasteiger partial charge in [0.2, 0.25) is 5.91 Å². The topological polar surface area (TPSA) is 97.2 Å². The van der Waals surface area contributed by atoms with Crippen LogP contribution in [0.2, 0.25) is 0 Å². The number of amides is 3. The lowest BCUT2D eigenvalue weighted by atomic mass is 10.0. The quantitative estimate of drug-likeness (QED) is 0.621. The first kappa shape index (κ1) is 20.5. The van der Waals surface area contributed by atoms with Gasteiger partial charge in [0.05, 0.1) is 29.4 Å². The Hall–Kier alpha value is -3.81. The van der Waals surface area contributed by atoms with E-state index in [4.69, 9.17) is 0 Å². The Bertz CT molecular complexity index is 1120. The van der Waals surface area contributed by atoms with Gasteiger partial charge in [-0.05, 0) is 38.5 Å². The fourth-order valence-electron chi connectivity index (χ4n) is 3.59. The van der Waals surface area contributed by atoms with E-state index >= 15 is 0 Å². The molecule has 1 aliphatic rings. The van der Waals surface area contributed by atoms with Crippen molar-refractivity contribution in [3.05, 3.63) is 83.2 Å². The minimum absolute atomic E-state index is 0.315. The Balaban J connectivity index is 1.47. The van der Waals surface area contributed by atoms with Gasteiger partial charge < -0.3 is 5.32 Å². The van der Waals surface area contributed by atoms with Crippen LogP contribution in [0.1, 0.15) is 52.7 Å². The third-order valence-corrected chi connectivity index (χ3v) is 5.39. The fourth-order valence-corrected chi connectivity index (χ4v) is 3.59. The Morgan fingerprint density at radius 2 is 1.58 bits per heavy atom. The molecule has 3 amide bonds. The van der Waals surface area contributed by atoms with E-state index in [0.29, 0.717) is 23.4 Å². The van der Waals surface area contributed by atoms with E-state index < -0.39 is 29.3 Å². The van der Waals surface area contributed by atoms with Crippen molar-refractivity contribution in [2.24, 2.45) is 0 Å². The minimum Gasteiger partial charge on any atom is -0.344 e. The van der Waals surface area contributed by atoms with Gasteiger partial charge in [0, 0.05) is 0 Å². The maximum atomic E-state index is 12.9. The van der Waals surface area contributed by atoms with E-state index in [-0.39, 0.29) is 0 Å². The average Bonchev–Trinajstić information content (AvgIpc) is 3.32. The first-order chi connectivity index (χ1) is 14.8. The van der Waals surface area contributed by atoms with Crippen molar-refractivity contribution in [2.75, 3.05) is 0 Å². The highest BCUT2D eigenvalue weighted by molar-refractivity contribution is 6.22. The number of carbonyl (C=O) groups excluding carboxylic acids is 3. The second-order valence-corrected chi connectivity index (χ2v) is 8.10. The first-order valence-electron chi connectivity index (χ1n) is 10.0. The van der Waals surface area contributed by atoms with Gasteiger partial charge in [-0.15, -0.1) is 5.10 Å². The second-order valence-electron chi connectivity index (χ2n) is 8.10. The predicted octanol–water partition coefficient (Wildman–Crippen LogP) is 2.36. The molecule has 158 valence electrons. The lowest BCUT2D eigenvalue weighted by Crippen LogP contribution is -2.52. The van der Waals surface area contributed by atoms with E-state index in [2.05, 4.69) is 15.6 Å². The van der Waals surface area contributed by atoms with E-state index in [0.717, 1.165) is 10.5 Å². The minimum atomic E-state index is -0.967. The third kappa shape index (κ3) is 3.84. The van der Waals surface area contributed by atoms with Crippen LogP contribution in [0, 0.1) is 0 Å². The molecule has 1 aliphatic heterocycles. The van der Waals surface area contributed by atoms with E-state index in [1.807, 2.05) is 30.3 Å². The number of hydrogen-bond acceptors (Lipinski definition) is 5. The highest BCUT2D eigenvalue weighted by Crippen LogP contribution is 2.25. The van der Waals surface area contributed by atoms with Crippen LogP contribution in [-0.4, -0.2) is 43.7 Å². The van der Waals surface area contributed by atoms with Crippen molar-refractivity contribution in [2.45, 2.75) is 38.9 Å². The molecule has 0 spiro atoms. The molecule has 0 saturated heterocycles. The Labute approximate surface area is 179 Å². The molecule has 1 aromatic heterocycles. The molecule has 0 saturated carbocycles. The van der Waals surface area contributed by atoms with Crippen LogP contribution in [0.3, 0.4) is 0 Å². The Kier molecular flexibility index (Phi) is 5.14. The molecule has 8 heteroatoms. The summed E-state index contributed by atoms with van der Waals surface area (Å²) >= 11 is 0. The monoisotopic (exact) mass is 417 g/mol. The Morgan fingerprint density at radius 1 is 1.00 bits per heavy atom. The molecule has 2 aromatic carbocycles. The molecule has 31 heavy (non-hydrogen) atoms. The van der Waals surface area contributed by atoms with Crippen molar-refractivity contribution in [3.63, 3.8) is 0 Å². The number of nitrogens with zero attached hydrogens (tertiary/aromatic N) is 4. The number of aromatic nitrogens is 3. The van der Waals surface area contributed by atoms with Gasteiger partial charge in [0.1, 0.15) is 11.7 Å².